The smallest absolute Gasteiger partial charge is 0.328 e. The van der Waals surface area contributed by atoms with E-state index in [2.05, 4.69) is 23.5 Å². The van der Waals surface area contributed by atoms with Crippen molar-refractivity contribution in [3.8, 4) is 0 Å². The lowest BCUT2D eigenvalue weighted by atomic mass is 9.93. The van der Waals surface area contributed by atoms with Crippen LogP contribution in [0.15, 0.2) is 66.7 Å². The number of benzene rings is 4. The van der Waals surface area contributed by atoms with Crippen LogP contribution in [-0.2, 0) is 9.59 Å². The molecule has 24 heavy (non-hydrogen) atoms. The van der Waals surface area contributed by atoms with Crippen molar-refractivity contribution in [3.05, 3.63) is 66.7 Å². The first-order valence-corrected chi connectivity index (χ1v) is 7.52. The average Bonchev–Trinajstić information content (AvgIpc) is 2.58. The first-order valence-electron chi connectivity index (χ1n) is 7.52. The molecule has 0 atom stereocenters. The molecule has 0 unspecified atom stereocenters. The lowest BCUT2D eigenvalue weighted by Gasteiger charge is -2.14. The van der Waals surface area contributed by atoms with E-state index in [-0.39, 0.29) is 0 Å². The summed E-state index contributed by atoms with van der Waals surface area (Å²) in [7, 11) is 0. The minimum atomic E-state index is -1.15. The second kappa shape index (κ2) is 5.35. The third-order valence-electron chi connectivity index (χ3n) is 4.14. The van der Waals surface area contributed by atoms with Crippen molar-refractivity contribution in [1.29, 1.82) is 0 Å². The molecule has 4 rings (SSSR count). The van der Waals surface area contributed by atoms with Gasteiger partial charge in [0.2, 0.25) is 5.91 Å². The highest BCUT2D eigenvalue weighted by Crippen LogP contribution is 2.38. The van der Waals surface area contributed by atoms with E-state index < -0.39 is 11.9 Å². The van der Waals surface area contributed by atoms with E-state index in [1.54, 1.807) is 0 Å². The molecule has 0 bridgehead atoms. The Hall–Kier alpha value is -3.40. The van der Waals surface area contributed by atoms with Gasteiger partial charge in [0.15, 0.2) is 0 Å². The van der Waals surface area contributed by atoms with Gasteiger partial charge in [-0.1, -0.05) is 48.5 Å². The van der Waals surface area contributed by atoms with Crippen molar-refractivity contribution < 1.29 is 14.7 Å². The molecular weight excluding hydrogens is 302 g/mol. The Labute approximate surface area is 137 Å². The van der Waals surface area contributed by atoms with Gasteiger partial charge in [-0.15, -0.1) is 0 Å². The van der Waals surface area contributed by atoms with Crippen molar-refractivity contribution in [2.45, 2.75) is 0 Å². The molecule has 0 aliphatic heterocycles. The van der Waals surface area contributed by atoms with Crippen LogP contribution in [0.2, 0.25) is 0 Å². The van der Waals surface area contributed by atoms with E-state index in [0.29, 0.717) is 5.69 Å². The first kappa shape index (κ1) is 14.2. The average molecular weight is 315 g/mol. The highest BCUT2D eigenvalue weighted by atomic mass is 16.4. The van der Waals surface area contributed by atoms with Gasteiger partial charge in [0.1, 0.15) is 0 Å². The molecular formula is C20H13NO3. The SMILES string of the molecule is O=C(O)/C=C\C(=O)Nc1cc2cccc3ccc4cccc1c4c32. The standard InChI is InChI=1S/C20H13NO3/c22-17(9-10-18(23)24)21-16-11-14-5-1-3-12-7-8-13-4-2-6-15(16)20(13)19(12)14/h1-11H,(H,21,22)(H,23,24)/b10-9-. The lowest BCUT2D eigenvalue weighted by molar-refractivity contribution is -0.131. The molecule has 0 aliphatic rings. The number of anilines is 1. The van der Waals surface area contributed by atoms with Crippen LogP contribution < -0.4 is 5.32 Å². The summed E-state index contributed by atoms with van der Waals surface area (Å²) in [6, 6.07) is 18.1. The van der Waals surface area contributed by atoms with E-state index in [1.165, 1.54) is 5.39 Å². The second-order valence-corrected chi connectivity index (χ2v) is 5.63. The highest BCUT2D eigenvalue weighted by molar-refractivity contribution is 6.27. The Morgan fingerprint density at radius 2 is 1.50 bits per heavy atom. The van der Waals surface area contributed by atoms with Gasteiger partial charge < -0.3 is 10.4 Å². The predicted octanol–water partition coefficient (Wildman–Crippen LogP) is 4.16. The fourth-order valence-corrected chi connectivity index (χ4v) is 3.19. The topological polar surface area (TPSA) is 66.4 Å². The Bertz CT molecular complexity index is 1130. The largest absolute Gasteiger partial charge is 0.478 e. The quantitative estimate of drug-likeness (QED) is 0.440. The van der Waals surface area contributed by atoms with Crippen LogP contribution in [0.3, 0.4) is 0 Å². The van der Waals surface area contributed by atoms with E-state index in [0.717, 1.165) is 39.1 Å². The van der Waals surface area contributed by atoms with Crippen molar-refractivity contribution in [2.24, 2.45) is 0 Å². The lowest BCUT2D eigenvalue weighted by Crippen LogP contribution is -2.09. The highest BCUT2D eigenvalue weighted by Gasteiger charge is 2.12. The number of hydrogen-bond acceptors (Lipinski definition) is 2. The first-order chi connectivity index (χ1) is 11.6. The molecule has 0 fully saturated rings. The number of aliphatic carboxylic acids is 1. The normalized spacial score (nSPS) is 11.7. The summed E-state index contributed by atoms with van der Waals surface area (Å²) in [6.45, 7) is 0. The Kier molecular flexibility index (Phi) is 3.17. The van der Waals surface area contributed by atoms with Gasteiger partial charge in [-0.25, -0.2) is 4.79 Å². The summed E-state index contributed by atoms with van der Waals surface area (Å²) >= 11 is 0. The maximum Gasteiger partial charge on any atom is 0.328 e. The van der Waals surface area contributed by atoms with Crippen molar-refractivity contribution in [2.75, 3.05) is 5.32 Å². The maximum atomic E-state index is 12.0. The van der Waals surface area contributed by atoms with Gasteiger partial charge in [-0.2, -0.15) is 0 Å². The molecule has 0 aliphatic carbocycles. The summed E-state index contributed by atoms with van der Waals surface area (Å²) in [4.78, 5) is 22.5. The van der Waals surface area contributed by atoms with Crippen LogP contribution in [0.5, 0.6) is 0 Å². The molecule has 4 nitrogen and oxygen atoms in total. The number of hydrogen-bond donors (Lipinski definition) is 2. The fourth-order valence-electron chi connectivity index (χ4n) is 3.19. The number of carbonyl (C=O) groups is 2. The van der Waals surface area contributed by atoms with Crippen molar-refractivity contribution in [1.82, 2.24) is 0 Å². The van der Waals surface area contributed by atoms with Gasteiger partial charge in [-0.3, -0.25) is 4.79 Å². The number of carboxylic acid groups (broad SMARTS) is 1. The zero-order valence-corrected chi connectivity index (χ0v) is 12.6. The van der Waals surface area contributed by atoms with E-state index in [1.807, 2.05) is 36.4 Å². The Morgan fingerprint density at radius 3 is 2.25 bits per heavy atom. The minimum absolute atomic E-state index is 0.466. The molecule has 1 amide bonds. The Balaban J connectivity index is 1.95. The molecule has 0 spiro atoms. The third-order valence-corrected chi connectivity index (χ3v) is 4.14. The summed E-state index contributed by atoms with van der Waals surface area (Å²) in [5.74, 6) is -1.62. The van der Waals surface area contributed by atoms with Crippen molar-refractivity contribution in [3.63, 3.8) is 0 Å². The van der Waals surface area contributed by atoms with E-state index >= 15 is 0 Å². The maximum absolute atomic E-state index is 12.0. The molecule has 0 saturated heterocycles. The molecule has 4 heteroatoms. The fraction of sp³-hybridized carbons (Fsp3) is 0. The molecule has 4 aromatic rings. The molecule has 0 heterocycles. The van der Waals surface area contributed by atoms with Gasteiger partial charge in [0, 0.05) is 23.2 Å². The predicted molar refractivity (Wildman–Crippen MR) is 95.6 cm³/mol. The monoisotopic (exact) mass is 315 g/mol. The molecule has 116 valence electrons. The Morgan fingerprint density at radius 1 is 0.833 bits per heavy atom. The van der Waals surface area contributed by atoms with Gasteiger partial charge in [0.05, 0.1) is 0 Å². The van der Waals surface area contributed by atoms with Crippen LogP contribution in [0.1, 0.15) is 0 Å². The van der Waals surface area contributed by atoms with E-state index in [9.17, 15) is 9.59 Å². The molecule has 0 radical (unpaired) electrons. The number of rotatable bonds is 3. The van der Waals surface area contributed by atoms with Crippen LogP contribution in [0.25, 0.3) is 32.3 Å². The summed E-state index contributed by atoms with van der Waals surface area (Å²) in [6.07, 6.45) is 1.85. The molecule has 0 aromatic heterocycles. The molecule has 4 aromatic carbocycles. The molecule has 0 saturated carbocycles. The van der Waals surface area contributed by atoms with Crippen LogP contribution in [-0.4, -0.2) is 17.0 Å². The molecule has 2 N–H and O–H groups in total. The van der Waals surface area contributed by atoms with Gasteiger partial charge >= 0.3 is 5.97 Å². The van der Waals surface area contributed by atoms with Crippen LogP contribution in [0, 0.1) is 0 Å². The van der Waals surface area contributed by atoms with Gasteiger partial charge in [-0.05, 0) is 33.0 Å². The van der Waals surface area contributed by atoms with E-state index in [4.69, 9.17) is 5.11 Å². The second-order valence-electron chi connectivity index (χ2n) is 5.63. The summed E-state index contributed by atoms with van der Waals surface area (Å²) in [5, 5.41) is 17.9. The number of amides is 1. The van der Waals surface area contributed by atoms with Crippen LogP contribution >= 0.6 is 0 Å². The third kappa shape index (κ3) is 2.25. The van der Waals surface area contributed by atoms with Crippen molar-refractivity contribution >= 4 is 49.9 Å². The number of nitrogens with one attached hydrogen (secondary N) is 1. The number of carboxylic acids is 1. The minimum Gasteiger partial charge on any atom is -0.478 e. The van der Waals surface area contributed by atoms with Crippen LogP contribution in [0.4, 0.5) is 5.69 Å². The summed E-state index contributed by atoms with van der Waals surface area (Å²) < 4.78 is 0. The zero-order chi connectivity index (χ0) is 16.7. The van der Waals surface area contributed by atoms with Gasteiger partial charge in [0.25, 0.3) is 0 Å². The number of carbonyl (C=O) groups excluding carboxylic acids is 1. The zero-order valence-electron chi connectivity index (χ0n) is 12.6. The summed E-state index contributed by atoms with van der Waals surface area (Å²) in [5.41, 5.74) is 0.673.